The minimum atomic E-state index is -0.666. The first-order valence-corrected chi connectivity index (χ1v) is 10.1. The average molecular weight is 414 g/mol. The molecule has 1 heterocycles. The Bertz CT molecular complexity index is 1160. The lowest BCUT2D eigenvalue weighted by Crippen LogP contribution is -2.33. The molecule has 0 radical (unpaired) electrons. The number of carbonyl (C=O) groups excluding carboxylic acids is 3. The van der Waals surface area contributed by atoms with Gasteiger partial charge in [0.1, 0.15) is 0 Å². The summed E-state index contributed by atoms with van der Waals surface area (Å²) in [4.78, 5) is 39.5. The largest absolute Gasteiger partial charge is 0.452 e. The predicted octanol–water partition coefficient (Wildman–Crippen LogP) is 3.99. The summed E-state index contributed by atoms with van der Waals surface area (Å²) >= 11 is 0. The number of esters is 1. The second-order valence-corrected chi connectivity index (χ2v) is 7.37. The topological polar surface area (TPSA) is 75.7 Å². The highest BCUT2D eigenvalue weighted by atomic mass is 16.5. The van der Waals surface area contributed by atoms with Gasteiger partial charge in [-0.05, 0) is 49.2 Å². The first-order valence-electron chi connectivity index (χ1n) is 10.1. The van der Waals surface area contributed by atoms with Crippen LogP contribution in [0.25, 0.3) is 0 Å². The fraction of sp³-hybridized carbons (Fsp3) is 0.160. The summed E-state index contributed by atoms with van der Waals surface area (Å²) in [6, 6.07) is 21.4. The number of ether oxygens (including phenoxy) is 1. The quantitative estimate of drug-likeness (QED) is 0.641. The maximum absolute atomic E-state index is 12.7. The Morgan fingerprint density at radius 2 is 1.74 bits per heavy atom. The molecule has 2 amide bonds. The van der Waals surface area contributed by atoms with Gasteiger partial charge in [0, 0.05) is 17.8 Å². The van der Waals surface area contributed by atoms with E-state index in [4.69, 9.17) is 4.74 Å². The van der Waals surface area contributed by atoms with Gasteiger partial charge < -0.3 is 15.0 Å². The zero-order chi connectivity index (χ0) is 21.8. The molecule has 0 fully saturated rings. The van der Waals surface area contributed by atoms with E-state index in [9.17, 15) is 14.4 Å². The second-order valence-electron chi connectivity index (χ2n) is 7.37. The molecule has 0 saturated heterocycles. The zero-order valence-electron chi connectivity index (χ0n) is 17.1. The highest BCUT2D eigenvalue weighted by Crippen LogP contribution is 2.27. The molecule has 4 rings (SSSR count). The van der Waals surface area contributed by atoms with Gasteiger partial charge in [0.05, 0.1) is 11.3 Å². The van der Waals surface area contributed by atoms with Crippen molar-refractivity contribution in [2.24, 2.45) is 0 Å². The summed E-state index contributed by atoms with van der Waals surface area (Å²) in [5.41, 5.74) is 3.94. The van der Waals surface area contributed by atoms with Crippen molar-refractivity contribution in [3.05, 3.63) is 95.1 Å². The van der Waals surface area contributed by atoms with E-state index in [0.29, 0.717) is 17.8 Å². The Morgan fingerprint density at radius 1 is 0.968 bits per heavy atom. The maximum Gasteiger partial charge on any atom is 0.340 e. The summed E-state index contributed by atoms with van der Waals surface area (Å²) in [6.07, 6.45) is 0.781. The second kappa shape index (κ2) is 8.83. The van der Waals surface area contributed by atoms with Crippen LogP contribution in [0.1, 0.15) is 31.8 Å². The molecule has 0 unspecified atom stereocenters. The van der Waals surface area contributed by atoms with Crippen LogP contribution in [0.5, 0.6) is 0 Å². The normalized spacial score (nSPS) is 12.2. The molecule has 31 heavy (non-hydrogen) atoms. The molecule has 156 valence electrons. The van der Waals surface area contributed by atoms with Crippen molar-refractivity contribution in [3.8, 4) is 0 Å². The summed E-state index contributed by atoms with van der Waals surface area (Å²) in [5, 5.41) is 2.76. The smallest absolute Gasteiger partial charge is 0.340 e. The van der Waals surface area contributed by atoms with Gasteiger partial charge in [0.25, 0.3) is 11.8 Å². The number of nitrogens with zero attached hydrogens (tertiary/aromatic N) is 1. The van der Waals surface area contributed by atoms with Gasteiger partial charge in [-0.3, -0.25) is 9.59 Å². The third-order valence-electron chi connectivity index (χ3n) is 5.19. The highest BCUT2D eigenvalue weighted by Gasteiger charge is 2.25. The monoisotopic (exact) mass is 414 g/mol. The van der Waals surface area contributed by atoms with Crippen LogP contribution in [0.2, 0.25) is 0 Å². The zero-order valence-corrected chi connectivity index (χ0v) is 17.1. The third kappa shape index (κ3) is 4.48. The van der Waals surface area contributed by atoms with E-state index in [-0.39, 0.29) is 24.0 Å². The van der Waals surface area contributed by atoms with Crippen molar-refractivity contribution in [2.75, 3.05) is 23.4 Å². The number of fused-ring (bicyclic) bond motifs is 1. The Labute approximate surface area is 180 Å². The molecule has 0 saturated carbocycles. The fourth-order valence-electron chi connectivity index (χ4n) is 3.63. The van der Waals surface area contributed by atoms with Crippen molar-refractivity contribution >= 4 is 29.2 Å². The molecule has 0 spiro atoms. The van der Waals surface area contributed by atoms with Crippen LogP contribution in [0.3, 0.4) is 0 Å². The third-order valence-corrected chi connectivity index (χ3v) is 5.19. The van der Waals surface area contributed by atoms with Gasteiger partial charge in [0.15, 0.2) is 6.61 Å². The van der Waals surface area contributed by atoms with Gasteiger partial charge in [-0.25, -0.2) is 4.79 Å². The predicted molar refractivity (Wildman–Crippen MR) is 118 cm³/mol. The van der Waals surface area contributed by atoms with Crippen LogP contribution < -0.4 is 10.2 Å². The Balaban J connectivity index is 1.42. The lowest BCUT2D eigenvalue weighted by Gasteiger charge is -2.17. The maximum atomic E-state index is 12.7. The van der Waals surface area contributed by atoms with E-state index < -0.39 is 5.97 Å². The number of carbonyl (C=O) groups is 3. The lowest BCUT2D eigenvalue weighted by atomic mass is 10.1. The van der Waals surface area contributed by atoms with E-state index in [1.54, 1.807) is 47.4 Å². The molecular formula is C25H22N2O4. The van der Waals surface area contributed by atoms with Crippen molar-refractivity contribution < 1.29 is 19.1 Å². The SMILES string of the molecule is Cc1cccc(C(=O)Nc2ccccc2C(=O)OCC(=O)N2CCc3ccccc32)c1. The molecule has 3 aromatic carbocycles. The molecule has 0 aliphatic carbocycles. The minimum absolute atomic E-state index is 0.193. The first-order chi connectivity index (χ1) is 15.0. The Kier molecular flexibility index (Phi) is 5.80. The Hall–Kier alpha value is -3.93. The molecule has 1 aliphatic heterocycles. The van der Waals surface area contributed by atoms with Gasteiger partial charge in [-0.2, -0.15) is 0 Å². The van der Waals surface area contributed by atoms with Crippen LogP contribution in [-0.4, -0.2) is 30.9 Å². The molecule has 6 heteroatoms. The van der Waals surface area contributed by atoms with E-state index in [0.717, 1.165) is 23.2 Å². The standard InChI is InChI=1S/C25H22N2O4/c1-17-7-6-9-19(15-17)24(29)26-21-11-4-3-10-20(21)25(30)31-16-23(28)27-14-13-18-8-2-5-12-22(18)27/h2-12,15H,13-14,16H2,1H3,(H,26,29). The van der Waals surface area contributed by atoms with Gasteiger partial charge in [0.2, 0.25) is 0 Å². The summed E-state index contributed by atoms with van der Waals surface area (Å²) in [5.74, 6) is -1.27. The van der Waals surface area contributed by atoms with E-state index >= 15 is 0 Å². The summed E-state index contributed by atoms with van der Waals surface area (Å²) < 4.78 is 5.28. The number of hydrogen-bond donors (Lipinski definition) is 1. The van der Waals surface area contributed by atoms with Crippen molar-refractivity contribution in [2.45, 2.75) is 13.3 Å². The van der Waals surface area contributed by atoms with Crippen molar-refractivity contribution in [3.63, 3.8) is 0 Å². The number of anilines is 2. The summed E-state index contributed by atoms with van der Waals surface area (Å²) in [7, 11) is 0. The van der Waals surface area contributed by atoms with Gasteiger partial charge in [-0.15, -0.1) is 0 Å². The number of benzene rings is 3. The van der Waals surface area contributed by atoms with E-state index in [1.807, 2.05) is 37.3 Å². The van der Waals surface area contributed by atoms with Gasteiger partial charge >= 0.3 is 5.97 Å². The molecule has 0 bridgehead atoms. The molecule has 0 atom stereocenters. The molecular weight excluding hydrogens is 392 g/mol. The molecule has 3 aromatic rings. The summed E-state index contributed by atoms with van der Waals surface area (Å²) in [6.45, 7) is 2.10. The molecule has 1 aliphatic rings. The molecule has 6 nitrogen and oxygen atoms in total. The fourth-order valence-corrected chi connectivity index (χ4v) is 3.63. The van der Waals surface area contributed by atoms with Crippen LogP contribution in [0.15, 0.2) is 72.8 Å². The molecule has 0 aromatic heterocycles. The van der Waals surface area contributed by atoms with Crippen LogP contribution in [0, 0.1) is 6.92 Å². The number of aryl methyl sites for hydroxylation is 1. The van der Waals surface area contributed by atoms with Crippen LogP contribution in [0.4, 0.5) is 11.4 Å². The lowest BCUT2D eigenvalue weighted by molar-refractivity contribution is -0.121. The van der Waals surface area contributed by atoms with E-state index in [2.05, 4.69) is 5.32 Å². The molecule has 1 N–H and O–H groups in total. The van der Waals surface area contributed by atoms with Crippen LogP contribution >= 0.6 is 0 Å². The number of hydrogen-bond acceptors (Lipinski definition) is 4. The van der Waals surface area contributed by atoms with Crippen molar-refractivity contribution in [1.29, 1.82) is 0 Å². The minimum Gasteiger partial charge on any atom is -0.452 e. The number of rotatable bonds is 5. The first kappa shape index (κ1) is 20.3. The number of nitrogens with one attached hydrogen (secondary N) is 1. The number of amides is 2. The highest BCUT2D eigenvalue weighted by molar-refractivity contribution is 6.08. The van der Waals surface area contributed by atoms with Crippen molar-refractivity contribution in [1.82, 2.24) is 0 Å². The Morgan fingerprint density at radius 3 is 2.58 bits per heavy atom. The van der Waals surface area contributed by atoms with Gasteiger partial charge in [-0.1, -0.05) is 48.0 Å². The van der Waals surface area contributed by atoms with Crippen LogP contribution in [-0.2, 0) is 16.0 Å². The average Bonchev–Trinajstić information content (AvgIpc) is 3.22. The van der Waals surface area contributed by atoms with E-state index in [1.165, 1.54) is 0 Å². The number of para-hydroxylation sites is 2.